The van der Waals surface area contributed by atoms with E-state index in [1.54, 1.807) is 25.1 Å². The average molecular weight is 235 g/mol. The van der Waals surface area contributed by atoms with Gasteiger partial charge in [0.2, 0.25) is 0 Å². The highest BCUT2D eigenvalue weighted by molar-refractivity contribution is 5.78. The Balaban J connectivity index is 2.65. The highest BCUT2D eigenvalue weighted by atomic mass is 16.5. The fourth-order valence-electron chi connectivity index (χ4n) is 1.11. The first-order valence-electron chi connectivity index (χ1n) is 5.32. The summed E-state index contributed by atoms with van der Waals surface area (Å²) in [7, 11) is 0. The van der Waals surface area contributed by atoms with Gasteiger partial charge in [0.05, 0.1) is 0 Å². The van der Waals surface area contributed by atoms with Crippen molar-refractivity contribution in [2.75, 3.05) is 6.61 Å². The number of carbonyl (C=O) groups excluding carboxylic acids is 1. The summed E-state index contributed by atoms with van der Waals surface area (Å²) in [6, 6.07) is 7.05. The Morgan fingerprint density at radius 1 is 1.47 bits per heavy atom. The number of hydrogen-bond acceptors (Lipinski definition) is 3. The molecule has 0 aliphatic heterocycles. The van der Waals surface area contributed by atoms with Gasteiger partial charge in [-0.2, -0.15) is 0 Å². The van der Waals surface area contributed by atoms with Crippen molar-refractivity contribution in [3.63, 3.8) is 0 Å². The van der Waals surface area contributed by atoms with Crippen molar-refractivity contribution in [3.05, 3.63) is 36.4 Å². The summed E-state index contributed by atoms with van der Waals surface area (Å²) >= 11 is 0. The number of hydrogen-bond donors (Lipinski definition) is 1. The lowest BCUT2D eigenvalue weighted by molar-refractivity contribution is -0.123. The number of carbonyl (C=O) groups is 1. The molecule has 92 valence electrons. The molecule has 17 heavy (non-hydrogen) atoms. The van der Waals surface area contributed by atoms with E-state index in [9.17, 15) is 4.79 Å². The van der Waals surface area contributed by atoms with E-state index in [1.165, 1.54) is 0 Å². The second-order valence-corrected chi connectivity index (χ2v) is 3.88. The second-order valence-electron chi connectivity index (χ2n) is 3.88. The molecule has 1 aromatic rings. The predicted octanol–water partition coefficient (Wildman–Crippen LogP) is 1.89. The summed E-state index contributed by atoms with van der Waals surface area (Å²) in [5, 5.41) is 0. The van der Waals surface area contributed by atoms with Crippen LogP contribution in [0.15, 0.2) is 36.4 Å². The zero-order valence-electron chi connectivity index (χ0n) is 10.1. The molecule has 4 heteroatoms. The van der Waals surface area contributed by atoms with E-state index in [1.807, 2.05) is 13.0 Å². The molecular weight excluding hydrogens is 218 g/mol. The highest BCUT2D eigenvalue weighted by Gasteiger charge is 2.10. The normalized spacial score (nSPS) is 11.6. The fourth-order valence-corrected chi connectivity index (χ4v) is 1.11. The Hall–Kier alpha value is -1.97. The molecule has 0 aliphatic rings. The quantitative estimate of drug-likeness (QED) is 0.766. The molecule has 0 heterocycles. The largest absolute Gasteiger partial charge is 0.489 e. The van der Waals surface area contributed by atoms with Crippen molar-refractivity contribution in [3.8, 4) is 11.5 Å². The molecule has 0 fully saturated rings. The number of ether oxygens (including phenoxy) is 2. The molecular formula is C13H17NO3. The monoisotopic (exact) mass is 235 g/mol. The second kappa shape index (κ2) is 5.94. The Labute approximate surface area is 101 Å². The molecule has 1 rings (SSSR count). The lowest BCUT2D eigenvalue weighted by Gasteiger charge is -2.12. The lowest BCUT2D eigenvalue weighted by Crippen LogP contribution is -2.30. The van der Waals surface area contributed by atoms with Crippen molar-refractivity contribution >= 4 is 5.91 Å². The molecule has 0 saturated carbocycles. The van der Waals surface area contributed by atoms with Gasteiger partial charge in [0, 0.05) is 6.07 Å². The van der Waals surface area contributed by atoms with Gasteiger partial charge in [-0.15, -0.1) is 0 Å². The summed E-state index contributed by atoms with van der Waals surface area (Å²) in [4.78, 5) is 10.9. The van der Waals surface area contributed by atoms with Crippen LogP contribution < -0.4 is 15.2 Å². The Morgan fingerprint density at radius 3 is 2.71 bits per heavy atom. The van der Waals surface area contributed by atoms with Crippen LogP contribution in [0.25, 0.3) is 0 Å². The van der Waals surface area contributed by atoms with Crippen molar-refractivity contribution in [1.29, 1.82) is 0 Å². The molecule has 4 nitrogen and oxygen atoms in total. The molecule has 1 unspecified atom stereocenters. The molecule has 1 atom stereocenters. The maximum atomic E-state index is 10.9. The molecule has 1 amide bonds. The van der Waals surface area contributed by atoms with Crippen LogP contribution in [0, 0.1) is 0 Å². The molecule has 0 bridgehead atoms. The highest BCUT2D eigenvalue weighted by Crippen LogP contribution is 2.20. The van der Waals surface area contributed by atoms with E-state index in [0.29, 0.717) is 18.1 Å². The minimum Gasteiger partial charge on any atom is -0.489 e. The number of benzene rings is 1. The standard InChI is InChI=1S/C13H17NO3/c1-9(2)8-16-11-5-4-6-12(7-11)17-10(3)13(14)15/h4-7,10H,1,8H2,2-3H3,(H2,14,15). The lowest BCUT2D eigenvalue weighted by atomic mass is 10.3. The van der Waals surface area contributed by atoms with Gasteiger partial charge >= 0.3 is 0 Å². The van der Waals surface area contributed by atoms with E-state index in [-0.39, 0.29) is 0 Å². The van der Waals surface area contributed by atoms with E-state index in [0.717, 1.165) is 5.57 Å². The van der Waals surface area contributed by atoms with E-state index in [4.69, 9.17) is 15.2 Å². The number of nitrogens with two attached hydrogens (primary N) is 1. The van der Waals surface area contributed by atoms with Crippen LogP contribution in [-0.4, -0.2) is 18.6 Å². The summed E-state index contributed by atoms with van der Waals surface area (Å²) < 4.78 is 10.8. The Morgan fingerprint density at radius 2 is 2.12 bits per heavy atom. The van der Waals surface area contributed by atoms with Gasteiger partial charge in [0.25, 0.3) is 5.91 Å². The third kappa shape index (κ3) is 4.59. The zero-order chi connectivity index (χ0) is 12.8. The van der Waals surface area contributed by atoms with Gasteiger partial charge in [0.15, 0.2) is 6.10 Å². The van der Waals surface area contributed by atoms with Gasteiger partial charge in [-0.05, 0) is 31.6 Å². The van der Waals surface area contributed by atoms with E-state index < -0.39 is 12.0 Å². The van der Waals surface area contributed by atoms with Gasteiger partial charge in [0.1, 0.15) is 18.1 Å². The maximum absolute atomic E-state index is 10.9. The molecule has 0 radical (unpaired) electrons. The van der Waals surface area contributed by atoms with Gasteiger partial charge in [-0.3, -0.25) is 4.79 Å². The minimum absolute atomic E-state index is 0.453. The molecule has 0 aromatic heterocycles. The van der Waals surface area contributed by atoms with E-state index >= 15 is 0 Å². The van der Waals surface area contributed by atoms with Gasteiger partial charge in [-0.25, -0.2) is 0 Å². The summed E-state index contributed by atoms with van der Waals surface area (Å²) in [5.41, 5.74) is 6.05. The van der Waals surface area contributed by atoms with Gasteiger partial charge in [-0.1, -0.05) is 12.6 Å². The third-order valence-corrected chi connectivity index (χ3v) is 2.00. The molecule has 1 aromatic carbocycles. The first-order valence-corrected chi connectivity index (χ1v) is 5.32. The number of primary amides is 1. The van der Waals surface area contributed by atoms with Crippen molar-refractivity contribution in [2.24, 2.45) is 5.73 Å². The van der Waals surface area contributed by atoms with Crippen molar-refractivity contribution in [2.45, 2.75) is 20.0 Å². The summed E-state index contributed by atoms with van der Waals surface area (Å²) in [6.07, 6.45) is -0.661. The summed E-state index contributed by atoms with van der Waals surface area (Å²) in [6.45, 7) is 7.69. The average Bonchev–Trinajstić information content (AvgIpc) is 2.26. The first kappa shape index (κ1) is 13.1. The smallest absolute Gasteiger partial charge is 0.258 e. The van der Waals surface area contributed by atoms with Crippen LogP contribution in [0.2, 0.25) is 0 Å². The SMILES string of the molecule is C=C(C)COc1cccc(OC(C)C(N)=O)c1. The molecule has 0 saturated heterocycles. The third-order valence-electron chi connectivity index (χ3n) is 2.00. The molecule has 0 spiro atoms. The topological polar surface area (TPSA) is 61.6 Å². The maximum Gasteiger partial charge on any atom is 0.258 e. The molecule has 0 aliphatic carbocycles. The van der Waals surface area contributed by atoms with E-state index in [2.05, 4.69) is 6.58 Å². The van der Waals surface area contributed by atoms with Crippen LogP contribution >= 0.6 is 0 Å². The van der Waals surface area contributed by atoms with Crippen LogP contribution in [0.1, 0.15) is 13.8 Å². The number of amides is 1. The minimum atomic E-state index is -0.661. The van der Waals surface area contributed by atoms with Gasteiger partial charge < -0.3 is 15.2 Å². The van der Waals surface area contributed by atoms with Crippen LogP contribution in [0.3, 0.4) is 0 Å². The van der Waals surface area contributed by atoms with Crippen LogP contribution in [-0.2, 0) is 4.79 Å². The zero-order valence-corrected chi connectivity index (χ0v) is 10.1. The molecule has 2 N–H and O–H groups in total. The van der Waals surface area contributed by atoms with Crippen molar-refractivity contribution < 1.29 is 14.3 Å². The number of rotatable bonds is 6. The fraction of sp³-hybridized carbons (Fsp3) is 0.308. The summed E-state index contributed by atoms with van der Waals surface area (Å²) in [5.74, 6) is 0.718. The predicted molar refractivity (Wildman–Crippen MR) is 66.0 cm³/mol. The van der Waals surface area contributed by atoms with Crippen LogP contribution in [0.5, 0.6) is 11.5 Å². The Bertz CT molecular complexity index is 415. The Kier molecular flexibility index (Phi) is 4.57. The van der Waals surface area contributed by atoms with Crippen molar-refractivity contribution in [1.82, 2.24) is 0 Å². The first-order chi connectivity index (χ1) is 7.99. The van der Waals surface area contributed by atoms with Crippen LogP contribution in [0.4, 0.5) is 0 Å².